The van der Waals surface area contributed by atoms with Crippen LogP contribution in [-0.4, -0.2) is 50.6 Å². The summed E-state index contributed by atoms with van der Waals surface area (Å²) in [6.45, 7) is -0.194. The van der Waals surface area contributed by atoms with Crippen LogP contribution in [0.3, 0.4) is 0 Å². The number of esters is 1. The maximum Gasteiger partial charge on any atom is 0.331 e. The second kappa shape index (κ2) is 7.51. The molecule has 0 aliphatic carbocycles. The second-order valence-electron chi connectivity index (χ2n) is 2.08. The molecule has 0 aromatic carbocycles. The van der Waals surface area contributed by atoms with E-state index in [4.69, 9.17) is 9.84 Å². The average molecular weight is 192 g/mol. The molecule has 0 aromatic heterocycles. The van der Waals surface area contributed by atoms with Crippen LogP contribution in [0.15, 0.2) is 0 Å². The van der Waals surface area contributed by atoms with E-state index in [0.29, 0.717) is 0 Å². The number of aliphatic carboxylic acids is 1. The lowest BCUT2D eigenvalue weighted by molar-refractivity contribution is -0.148. The van der Waals surface area contributed by atoms with Gasteiger partial charge in [0.25, 0.3) is 0 Å². The molecule has 0 spiro atoms. The van der Waals surface area contributed by atoms with Crippen molar-refractivity contribution in [3.63, 3.8) is 0 Å². The zero-order chi connectivity index (χ0) is 10.1. The van der Waals surface area contributed by atoms with Gasteiger partial charge in [0.2, 0.25) is 0 Å². The first kappa shape index (κ1) is 11.9. The molecule has 0 bridgehead atoms. The lowest BCUT2D eigenvalue weighted by atomic mass is 10.7. The topological polar surface area (TPSA) is 82.1 Å². The van der Waals surface area contributed by atoms with E-state index in [1.54, 1.807) is 0 Å². The average Bonchev–Trinajstić information content (AvgIpc) is 2.10. The molecular weight excluding hydrogens is 180 g/mol. The van der Waals surface area contributed by atoms with Gasteiger partial charge in [-0.2, -0.15) is 0 Å². The van der Waals surface area contributed by atoms with E-state index in [1.807, 2.05) is 0 Å². The van der Waals surface area contributed by atoms with Crippen LogP contribution in [0.2, 0.25) is 0 Å². The highest BCUT2D eigenvalue weighted by Gasteiger charge is 1.99. The van der Waals surface area contributed by atoms with Crippen LogP contribution >= 0.6 is 0 Å². The van der Waals surface area contributed by atoms with Crippen LogP contribution in [0.25, 0.3) is 0 Å². The zero-order valence-electron chi connectivity index (χ0n) is 7.32. The lowest BCUT2D eigenvalue weighted by Gasteiger charge is -2.02. The normalized spacial score (nSPS) is 9.62. The summed E-state index contributed by atoms with van der Waals surface area (Å²) < 4.78 is 13.7. The Kier molecular flexibility index (Phi) is 6.85. The molecule has 1 N–H and O–H groups in total. The Labute approximate surface area is 75.4 Å². The summed E-state index contributed by atoms with van der Waals surface area (Å²) in [5, 5.41) is 8.16. The van der Waals surface area contributed by atoms with Gasteiger partial charge in [-0.3, -0.25) is 0 Å². The van der Waals surface area contributed by atoms with E-state index in [1.165, 1.54) is 7.11 Å². The minimum absolute atomic E-state index is 0.142. The molecule has 0 saturated carbocycles. The lowest BCUT2D eigenvalue weighted by Crippen LogP contribution is -2.15. The number of carbonyl (C=O) groups is 2. The predicted octanol–water partition coefficient (Wildman–Crippen LogP) is -0.723. The second-order valence-corrected chi connectivity index (χ2v) is 2.08. The largest absolute Gasteiger partial charge is 0.480 e. The molecule has 13 heavy (non-hydrogen) atoms. The minimum Gasteiger partial charge on any atom is -0.480 e. The number of rotatable bonds is 7. The van der Waals surface area contributed by atoms with Crippen LogP contribution in [0, 0.1) is 0 Å². The van der Waals surface area contributed by atoms with E-state index in [2.05, 4.69) is 9.47 Å². The standard InChI is InChI=1S/C7H12O6/c1-11-7(10)5-13-3-2-12-4-6(8)9/h2-5H2,1H3,(H,8,9). The fourth-order valence-corrected chi connectivity index (χ4v) is 0.492. The van der Waals surface area contributed by atoms with Crippen LogP contribution in [-0.2, 0) is 23.8 Å². The molecule has 76 valence electrons. The number of carboxylic acids is 1. The summed E-state index contributed by atoms with van der Waals surface area (Å²) in [6.07, 6.45) is 0. The van der Waals surface area contributed by atoms with Crippen molar-refractivity contribution in [3.05, 3.63) is 0 Å². The van der Waals surface area contributed by atoms with Gasteiger partial charge in [0.05, 0.1) is 20.3 Å². The summed E-state index contributed by atoms with van der Waals surface area (Å²) in [5.41, 5.74) is 0. The molecule has 6 heteroatoms. The Bertz CT molecular complexity index is 166. The summed E-state index contributed by atoms with van der Waals surface area (Å²) in [5.74, 6) is -1.51. The third kappa shape index (κ3) is 8.77. The minimum atomic E-state index is -1.03. The predicted molar refractivity (Wildman–Crippen MR) is 41.3 cm³/mol. The number of hydrogen-bond acceptors (Lipinski definition) is 5. The monoisotopic (exact) mass is 192 g/mol. The van der Waals surface area contributed by atoms with Gasteiger partial charge in [0, 0.05) is 0 Å². The van der Waals surface area contributed by atoms with Crippen molar-refractivity contribution in [3.8, 4) is 0 Å². The molecule has 0 aliphatic heterocycles. The molecule has 0 amide bonds. The fraction of sp³-hybridized carbons (Fsp3) is 0.714. The van der Waals surface area contributed by atoms with Gasteiger partial charge < -0.3 is 19.3 Å². The van der Waals surface area contributed by atoms with Crippen LogP contribution < -0.4 is 0 Å². The first-order valence-corrected chi connectivity index (χ1v) is 3.61. The van der Waals surface area contributed by atoms with Gasteiger partial charge in [-0.25, -0.2) is 9.59 Å². The highest BCUT2D eigenvalue weighted by atomic mass is 16.6. The van der Waals surface area contributed by atoms with Gasteiger partial charge >= 0.3 is 11.9 Å². The first-order chi connectivity index (χ1) is 6.16. The highest BCUT2D eigenvalue weighted by Crippen LogP contribution is 1.81. The van der Waals surface area contributed by atoms with E-state index in [9.17, 15) is 9.59 Å². The van der Waals surface area contributed by atoms with E-state index in [0.717, 1.165) is 0 Å². The van der Waals surface area contributed by atoms with Gasteiger partial charge in [-0.1, -0.05) is 0 Å². The van der Waals surface area contributed by atoms with Crippen molar-refractivity contribution in [1.29, 1.82) is 0 Å². The Morgan fingerprint density at radius 3 is 2.15 bits per heavy atom. The molecule has 0 fully saturated rings. The van der Waals surface area contributed by atoms with Gasteiger partial charge in [-0.05, 0) is 0 Å². The molecule has 0 radical (unpaired) electrons. The number of carboxylic acid groups (broad SMARTS) is 1. The van der Waals surface area contributed by atoms with Crippen molar-refractivity contribution in [1.82, 2.24) is 0 Å². The molecule has 0 aromatic rings. The number of ether oxygens (including phenoxy) is 3. The molecule has 0 aliphatic rings. The molecule has 0 saturated heterocycles. The van der Waals surface area contributed by atoms with Crippen LogP contribution in [0.1, 0.15) is 0 Å². The molecular formula is C7H12O6. The summed E-state index contributed by atoms with van der Waals surface area (Å²) in [7, 11) is 1.26. The van der Waals surface area contributed by atoms with Gasteiger partial charge in [-0.15, -0.1) is 0 Å². The third-order valence-corrected chi connectivity index (χ3v) is 1.05. The quantitative estimate of drug-likeness (QED) is 0.423. The molecule has 0 heterocycles. The van der Waals surface area contributed by atoms with Crippen molar-refractivity contribution in [2.24, 2.45) is 0 Å². The van der Waals surface area contributed by atoms with Crippen LogP contribution in [0.5, 0.6) is 0 Å². The van der Waals surface area contributed by atoms with Crippen molar-refractivity contribution < 1.29 is 28.9 Å². The van der Waals surface area contributed by atoms with Crippen molar-refractivity contribution >= 4 is 11.9 Å². The molecule has 0 rings (SSSR count). The Hall–Kier alpha value is -1.14. The van der Waals surface area contributed by atoms with Crippen molar-refractivity contribution in [2.45, 2.75) is 0 Å². The SMILES string of the molecule is COC(=O)COCCOCC(=O)O. The number of methoxy groups -OCH3 is 1. The number of carbonyl (C=O) groups excluding carboxylic acids is 1. The molecule has 6 nitrogen and oxygen atoms in total. The highest BCUT2D eigenvalue weighted by molar-refractivity contribution is 5.70. The third-order valence-electron chi connectivity index (χ3n) is 1.05. The van der Waals surface area contributed by atoms with E-state index in [-0.39, 0.29) is 26.4 Å². The zero-order valence-corrected chi connectivity index (χ0v) is 7.32. The fourth-order valence-electron chi connectivity index (χ4n) is 0.492. The van der Waals surface area contributed by atoms with Gasteiger partial charge in [0.15, 0.2) is 0 Å². The first-order valence-electron chi connectivity index (χ1n) is 3.61. The summed E-state index contributed by atoms with van der Waals surface area (Å²) in [6, 6.07) is 0. The maximum absolute atomic E-state index is 10.5. The Balaban J connectivity index is 3.08. The smallest absolute Gasteiger partial charge is 0.331 e. The summed E-state index contributed by atoms with van der Waals surface area (Å²) in [4.78, 5) is 20.4. The summed E-state index contributed by atoms with van der Waals surface area (Å²) >= 11 is 0. The maximum atomic E-state index is 10.5. The van der Waals surface area contributed by atoms with E-state index >= 15 is 0 Å². The molecule has 0 unspecified atom stereocenters. The Morgan fingerprint density at radius 1 is 1.15 bits per heavy atom. The van der Waals surface area contributed by atoms with Gasteiger partial charge in [0.1, 0.15) is 13.2 Å². The Morgan fingerprint density at radius 2 is 1.69 bits per heavy atom. The van der Waals surface area contributed by atoms with Crippen LogP contribution in [0.4, 0.5) is 0 Å². The van der Waals surface area contributed by atoms with Crippen molar-refractivity contribution in [2.75, 3.05) is 33.5 Å². The number of hydrogen-bond donors (Lipinski definition) is 1. The molecule has 0 atom stereocenters. The van der Waals surface area contributed by atoms with E-state index < -0.39 is 11.9 Å².